The van der Waals surface area contributed by atoms with Crippen LogP contribution in [0, 0.1) is 0 Å². The number of hydrogen-bond donors (Lipinski definition) is 4. The number of benzene rings is 1. The quantitative estimate of drug-likeness (QED) is 0.476. The minimum Gasteiger partial charge on any atom is -0.495 e. The van der Waals surface area contributed by atoms with E-state index in [-0.39, 0.29) is 13.2 Å². The first-order valence-corrected chi connectivity index (χ1v) is 6.68. The normalized spacial score (nSPS) is 12.7. The molecule has 1 aromatic carbocycles. The van der Waals surface area contributed by atoms with Gasteiger partial charge in [-0.2, -0.15) is 0 Å². The molecule has 20 heavy (non-hydrogen) atoms. The SMILES string of the molecule is COc1ccc(C(O)CCN(CCO)CCO)cc1N. The molecule has 0 aliphatic rings. The lowest BCUT2D eigenvalue weighted by Crippen LogP contribution is -2.31. The van der Waals surface area contributed by atoms with E-state index in [0.717, 1.165) is 5.56 Å². The monoisotopic (exact) mass is 284 g/mol. The van der Waals surface area contributed by atoms with Gasteiger partial charge in [-0.25, -0.2) is 0 Å². The average molecular weight is 284 g/mol. The lowest BCUT2D eigenvalue weighted by atomic mass is 10.1. The maximum Gasteiger partial charge on any atom is 0.141 e. The second kappa shape index (κ2) is 8.76. The van der Waals surface area contributed by atoms with Crippen molar-refractivity contribution in [2.24, 2.45) is 0 Å². The van der Waals surface area contributed by atoms with Gasteiger partial charge in [0.2, 0.25) is 0 Å². The summed E-state index contributed by atoms with van der Waals surface area (Å²) in [6.45, 7) is 1.63. The van der Waals surface area contributed by atoms with Gasteiger partial charge in [0.05, 0.1) is 32.1 Å². The van der Waals surface area contributed by atoms with E-state index in [0.29, 0.717) is 37.5 Å². The van der Waals surface area contributed by atoms with Crippen molar-refractivity contribution in [1.29, 1.82) is 0 Å². The number of aliphatic hydroxyl groups excluding tert-OH is 3. The zero-order valence-corrected chi connectivity index (χ0v) is 11.8. The first kappa shape index (κ1) is 16.7. The molecule has 0 aliphatic heterocycles. The summed E-state index contributed by atoms with van der Waals surface area (Å²) in [5.41, 5.74) is 7.03. The molecule has 0 saturated carbocycles. The minimum atomic E-state index is -0.636. The largest absolute Gasteiger partial charge is 0.495 e. The smallest absolute Gasteiger partial charge is 0.141 e. The Morgan fingerprint density at radius 1 is 1.20 bits per heavy atom. The fourth-order valence-electron chi connectivity index (χ4n) is 2.05. The van der Waals surface area contributed by atoms with Crippen LogP contribution < -0.4 is 10.5 Å². The van der Waals surface area contributed by atoms with Crippen molar-refractivity contribution in [2.45, 2.75) is 12.5 Å². The van der Waals surface area contributed by atoms with Crippen LogP contribution in [0.4, 0.5) is 5.69 Å². The van der Waals surface area contributed by atoms with Gasteiger partial charge in [-0.15, -0.1) is 0 Å². The Hall–Kier alpha value is -1.34. The molecule has 6 heteroatoms. The molecule has 0 bridgehead atoms. The van der Waals surface area contributed by atoms with Crippen LogP contribution >= 0.6 is 0 Å². The van der Waals surface area contributed by atoms with Gasteiger partial charge >= 0.3 is 0 Å². The van der Waals surface area contributed by atoms with Crippen molar-refractivity contribution in [1.82, 2.24) is 4.90 Å². The molecule has 1 aromatic rings. The molecule has 0 radical (unpaired) electrons. The van der Waals surface area contributed by atoms with Crippen LogP contribution in [0.5, 0.6) is 5.75 Å². The predicted molar refractivity (Wildman–Crippen MR) is 77.6 cm³/mol. The molecule has 5 N–H and O–H groups in total. The van der Waals surface area contributed by atoms with Crippen LogP contribution in [0.15, 0.2) is 18.2 Å². The predicted octanol–water partition coefficient (Wildman–Crippen LogP) is -0.0125. The zero-order valence-electron chi connectivity index (χ0n) is 11.8. The lowest BCUT2D eigenvalue weighted by Gasteiger charge is -2.22. The molecule has 0 heterocycles. The third kappa shape index (κ3) is 4.97. The van der Waals surface area contributed by atoms with Crippen molar-refractivity contribution in [3.63, 3.8) is 0 Å². The molecule has 6 nitrogen and oxygen atoms in total. The van der Waals surface area contributed by atoms with E-state index < -0.39 is 6.10 Å². The summed E-state index contributed by atoms with van der Waals surface area (Å²) in [6.07, 6.45) is -0.130. The summed E-state index contributed by atoms with van der Waals surface area (Å²) in [4.78, 5) is 1.90. The van der Waals surface area contributed by atoms with E-state index in [1.807, 2.05) is 4.90 Å². The van der Waals surface area contributed by atoms with Crippen molar-refractivity contribution < 1.29 is 20.1 Å². The second-order valence-electron chi connectivity index (χ2n) is 4.59. The maximum absolute atomic E-state index is 10.1. The summed E-state index contributed by atoms with van der Waals surface area (Å²) in [5.74, 6) is 0.586. The van der Waals surface area contributed by atoms with Crippen LogP contribution in [0.1, 0.15) is 18.1 Å². The molecule has 1 atom stereocenters. The molecule has 0 saturated heterocycles. The zero-order chi connectivity index (χ0) is 15.0. The van der Waals surface area contributed by atoms with Gasteiger partial charge < -0.3 is 25.8 Å². The first-order chi connectivity index (χ1) is 9.62. The van der Waals surface area contributed by atoms with Crippen molar-refractivity contribution in [3.8, 4) is 5.75 Å². The summed E-state index contributed by atoms with van der Waals surface area (Å²) in [5, 5.41) is 28.0. The van der Waals surface area contributed by atoms with E-state index >= 15 is 0 Å². The Bertz CT molecular complexity index is 395. The van der Waals surface area contributed by atoms with E-state index in [9.17, 15) is 5.11 Å². The number of nitrogen functional groups attached to an aromatic ring is 1. The molecule has 0 aromatic heterocycles. The van der Waals surface area contributed by atoms with E-state index in [1.165, 1.54) is 0 Å². The van der Waals surface area contributed by atoms with Gasteiger partial charge in [0.1, 0.15) is 5.75 Å². The number of methoxy groups -OCH3 is 1. The average Bonchev–Trinajstić information content (AvgIpc) is 2.44. The molecule has 0 amide bonds. The third-order valence-electron chi connectivity index (χ3n) is 3.19. The Balaban J connectivity index is 2.57. The molecular formula is C14H24N2O4. The minimum absolute atomic E-state index is 0.0333. The van der Waals surface area contributed by atoms with Gasteiger partial charge in [-0.1, -0.05) is 6.07 Å². The highest BCUT2D eigenvalue weighted by atomic mass is 16.5. The number of aliphatic hydroxyl groups is 3. The van der Waals surface area contributed by atoms with Gasteiger partial charge in [0.25, 0.3) is 0 Å². The van der Waals surface area contributed by atoms with Crippen molar-refractivity contribution >= 4 is 5.69 Å². The van der Waals surface area contributed by atoms with E-state index in [1.54, 1.807) is 25.3 Å². The molecule has 1 rings (SSSR count). The number of nitrogens with zero attached hydrogens (tertiary/aromatic N) is 1. The summed E-state index contributed by atoms with van der Waals surface area (Å²) >= 11 is 0. The Kier molecular flexibility index (Phi) is 7.32. The van der Waals surface area contributed by atoms with Crippen molar-refractivity contribution in [3.05, 3.63) is 23.8 Å². The summed E-state index contributed by atoms with van der Waals surface area (Å²) in [6, 6.07) is 5.21. The second-order valence-corrected chi connectivity index (χ2v) is 4.59. The van der Waals surface area contributed by atoms with Gasteiger partial charge in [0.15, 0.2) is 0 Å². The molecule has 0 aliphatic carbocycles. The fraction of sp³-hybridized carbons (Fsp3) is 0.571. The molecular weight excluding hydrogens is 260 g/mol. The Morgan fingerprint density at radius 3 is 2.35 bits per heavy atom. The Morgan fingerprint density at radius 2 is 1.85 bits per heavy atom. The molecule has 1 unspecified atom stereocenters. The highest BCUT2D eigenvalue weighted by Crippen LogP contribution is 2.26. The fourth-order valence-corrected chi connectivity index (χ4v) is 2.05. The highest BCUT2D eigenvalue weighted by Gasteiger charge is 2.12. The number of nitrogens with two attached hydrogens (primary N) is 1. The number of anilines is 1. The lowest BCUT2D eigenvalue weighted by molar-refractivity contribution is 0.118. The number of hydrogen-bond acceptors (Lipinski definition) is 6. The Labute approximate surface area is 119 Å². The third-order valence-corrected chi connectivity index (χ3v) is 3.19. The maximum atomic E-state index is 10.1. The number of rotatable bonds is 9. The molecule has 114 valence electrons. The summed E-state index contributed by atoms with van der Waals surface area (Å²) in [7, 11) is 1.55. The van der Waals surface area contributed by atoms with Crippen molar-refractivity contribution in [2.75, 3.05) is 45.7 Å². The first-order valence-electron chi connectivity index (χ1n) is 6.68. The molecule has 0 fully saturated rings. The van der Waals surface area contributed by atoms with Crippen LogP contribution in [0.2, 0.25) is 0 Å². The topological polar surface area (TPSA) is 99.2 Å². The van der Waals surface area contributed by atoms with Gasteiger partial charge in [0, 0.05) is 19.6 Å². The standard InChI is InChI=1S/C14H24N2O4/c1-20-14-3-2-11(10-12(14)15)13(19)4-5-16(6-8-17)7-9-18/h2-3,10,13,17-19H,4-9,15H2,1H3. The highest BCUT2D eigenvalue weighted by molar-refractivity contribution is 5.54. The van der Waals surface area contributed by atoms with Crippen LogP contribution in [-0.4, -0.2) is 60.2 Å². The number of ether oxygens (including phenoxy) is 1. The van der Waals surface area contributed by atoms with Gasteiger partial charge in [-0.05, 0) is 24.1 Å². The summed E-state index contributed by atoms with van der Waals surface area (Å²) < 4.78 is 5.07. The molecule has 0 spiro atoms. The van der Waals surface area contributed by atoms with Crippen LogP contribution in [0.3, 0.4) is 0 Å². The van der Waals surface area contributed by atoms with Gasteiger partial charge in [-0.3, -0.25) is 4.90 Å². The van der Waals surface area contributed by atoms with Crippen LogP contribution in [0.25, 0.3) is 0 Å². The van der Waals surface area contributed by atoms with E-state index in [2.05, 4.69) is 0 Å². The van der Waals surface area contributed by atoms with E-state index in [4.69, 9.17) is 20.7 Å². The van der Waals surface area contributed by atoms with Crippen LogP contribution in [-0.2, 0) is 0 Å².